The molecule has 7 nitrogen and oxygen atoms in total. The summed E-state index contributed by atoms with van der Waals surface area (Å²) in [5.74, 6) is 0.157. The molecule has 2 aromatic rings. The zero-order valence-corrected chi connectivity index (χ0v) is 22.8. The summed E-state index contributed by atoms with van der Waals surface area (Å²) in [6.45, 7) is 14.2. The zero-order valence-electron chi connectivity index (χ0n) is 21.8. The molecule has 0 aliphatic rings. The highest BCUT2D eigenvalue weighted by Gasteiger charge is 2.39. The van der Waals surface area contributed by atoms with E-state index >= 15 is 0 Å². The van der Waals surface area contributed by atoms with Gasteiger partial charge in [-0.2, -0.15) is 0 Å². The van der Waals surface area contributed by atoms with Gasteiger partial charge in [0.2, 0.25) is 0 Å². The Hall–Kier alpha value is -2.52. The molecule has 0 heterocycles. The first-order valence-electron chi connectivity index (χ1n) is 12.6. The molecule has 35 heavy (non-hydrogen) atoms. The van der Waals surface area contributed by atoms with Gasteiger partial charge in [-0.25, -0.2) is 4.79 Å². The van der Waals surface area contributed by atoms with Gasteiger partial charge < -0.3 is 22.9 Å². The Morgan fingerprint density at radius 2 is 1.54 bits per heavy atom. The summed E-state index contributed by atoms with van der Waals surface area (Å²) in [6.07, 6.45) is 2.63. The van der Waals surface area contributed by atoms with Crippen LogP contribution in [0, 0.1) is 0 Å². The minimum Gasteiger partial charge on any atom is -0.423 e. The second kappa shape index (κ2) is 15.5. The van der Waals surface area contributed by atoms with E-state index in [1.54, 1.807) is 18.2 Å². The van der Waals surface area contributed by atoms with E-state index in [0.29, 0.717) is 37.7 Å². The van der Waals surface area contributed by atoms with Gasteiger partial charge in [0.15, 0.2) is 0 Å². The molecule has 0 radical (unpaired) electrons. The van der Waals surface area contributed by atoms with Crippen LogP contribution >= 0.6 is 0 Å². The normalized spacial score (nSPS) is 11.7. The zero-order chi connectivity index (χ0) is 25.5. The number of aliphatic imine (C=N–C) groups is 1. The lowest BCUT2D eigenvalue weighted by Gasteiger charge is -2.28. The average molecular weight is 501 g/mol. The summed E-state index contributed by atoms with van der Waals surface area (Å²) in [7, 11) is -2.62. The van der Waals surface area contributed by atoms with Crippen LogP contribution in [0.2, 0.25) is 6.04 Å². The Balaban J connectivity index is 1.90. The smallest absolute Gasteiger partial charge is 0.423 e. The monoisotopic (exact) mass is 500 g/mol. The summed E-state index contributed by atoms with van der Waals surface area (Å²) >= 11 is 0. The molecule has 0 unspecified atom stereocenters. The molecule has 0 bridgehead atoms. The predicted molar refractivity (Wildman–Crippen MR) is 144 cm³/mol. The molecule has 0 amide bonds. The van der Waals surface area contributed by atoms with Gasteiger partial charge in [-0.05, 0) is 70.9 Å². The van der Waals surface area contributed by atoms with Crippen LogP contribution in [0.4, 0.5) is 5.69 Å². The van der Waals surface area contributed by atoms with Crippen LogP contribution < -0.4 is 9.64 Å². The first-order valence-corrected chi connectivity index (χ1v) is 14.5. The van der Waals surface area contributed by atoms with E-state index in [4.69, 9.17) is 18.0 Å². The summed E-state index contributed by atoms with van der Waals surface area (Å²) in [4.78, 5) is 19.3. The summed E-state index contributed by atoms with van der Waals surface area (Å²) < 4.78 is 23.2. The van der Waals surface area contributed by atoms with Crippen molar-refractivity contribution in [2.24, 2.45) is 4.99 Å². The molecule has 2 aromatic carbocycles. The van der Waals surface area contributed by atoms with Gasteiger partial charge in [0.05, 0.1) is 5.56 Å². The fourth-order valence-corrected chi connectivity index (χ4v) is 6.36. The molecule has 0 aliphatic heterocycles. The maximum atomic E-state index is 12.6. The summed E-state index contributed by atoms with van der Waals surface area (Å²) in [5, 5.41) is 0. The van der Waals surface area contributed by atoms with Crippen LogP contribution in [0.25, 0.3) is 0 Å². The van der Waals surface area contributed by atoms with Crippen molar-refractivity contribution < 1.29 is 22.8 Å². The van der Waals surface area contributed by atoms with Crippen molar-refractivity contribution in [3.8, 4) is 5.75 Å². The fourth-order valence-electron chi connectivity index (χ4n) is 3.76. The molecule has 0 saturated carbocycles. The highest BCUT2D eigenvalue weighted by Crippen LogP contribution is 2.22. The molecule has 0 N–H and O–H groups in total. The minimum absolute atomic E-state index is 0.380. The van der Waals surface area contributed by atoms with E-state index in [9.17, 15) is 4.79 Å². The van der Waals surface area contributed by atoms with Gasteiger partial charge >= 0.3 is 14.8 Å². The minimum atomic E-state index is -2.62. The van der Waals surface area contributed by atoms with Gasteiger partial charge in [-0.15, -0.1) is 0 Å². The molecule has 0 saturated heterocycles. The van der Waals surface area contributed by atoms with Crippen LogP contribution in [0.1, 0.15) is 57.0 Å². The van der Waals surface area contributed by atoms with Gasteiger partial charge in [0.1, 0.15) is 5.75 Å². The van der Waals surface area contributed by atoms with E-state index in [0.717, 1.165) is 36.8 Å². The first-order chi connectivity index (χ1) is 17.0. The van der Waals surface area contributed by atoms with Crippen molar-refractivity contribution in [3.63, 3.8) is 0 Å². The Labute approximate surface area is 211 Å². The van der Waals surface area contributed by atoms with E-state index < -0.39 is 8.80 Å². The fraction of sp³-hybridized carbons (Fsp3) is 0.481. The number of esters is 1. The van der Waals surface area contributed by atoms with E-state index in [1.807, 2.05) is 57.3 Å². The van der Waals surface area contributed by atoms with Crippen LogP contribution in [-0.4, -0.2) is 60.4 Å². The number of benzene rings is 2. The number of nitrogens with zero attached hydrogens (tertiary/aromatic N) is 2. The van der Waals surface area contributed by atoms with Crippen LogP contribution in [-0.2, 0) is 13.3 Å². The largest absolute Gasteiger partial charge is 0.500 e. The maximum Gasteiger partial charge on any atom is 0.500 e. The second-order valence-electron chi connectivity index (χ2n) is 7.80. The first kappa shape index (κ1) is 28.7. The number of carbonyl (C=O) groups excluding carboxylic acids is 1. The van der Waals surface area contributed by atoms with Crippen LogP contribution in [0.3, 0.4) is 0 Å². The van der Waals surface area contributed by atoms with Crippen LogP contribution in [0.15, 0.2) is 53.5 Å². The summed E-state index contributed by atoms with van der Waals surface area (Å²) in [6, 6.07) is 15.6. The lowest BCUT2D eigenvalue weighted by Crippen LogP contribution is -2.46. The second-order valence-corrected chi connectivity index (χ2v) is 10.5. The molecule has 2 rings (SSSR count). The van der Waals surface area contributed by atoms with Gasteiger partial charge in [-0.1, -0.05) is 18.2 Å². The molecule has 0 atom stereocenters. The SMILES string of the molecule is CCO[Si](CCCN=Cc1ccc(C(=O)Oc2cccc(N(CC)CC)c2)cc1)(OCC)OCC. The van der Waals surface area contributed by atoms with Crippen LogP contribution in [0.5, 0.6) is 5.75 Å². The van der Waals surface area contributed by atoms with Gasteiger partial charge in [-0.3, -0.25) is 4.99 Å². The third-order valence-corrected chi connectivity index (χ3v) is 8.56. The topological polar surface area (TPSA) is 69.6 Å². The Kier molecular flexibility index (Phi) is 12.7. The molecular weight excluding hydrogens is 460 g/mol. The molecule has 192 valence electrons. The number of hydrogen-bond donors (Lipinski definition) is 0. The molecule has 8 heteroatoms. The molecule has 0 aliphatic carbocycles. The molecule has 0 aromatic heterocycles. The number of anilines is 1. The lowest BCUT2D eigenvalue weighted by atomic mass is 10.1. The Bertz CT molecular complexity index is 899. The maximum absolute atomic E-state index is 12.6. The lowest BCUT2D eigenvalue weighted by molar-refractivity contribution is 0.0707. The average Bonchev–Trinajstić information content (AvgIpc) is 2.86. The van der Waals surface area contributed by atoms with Crippen molar-refractivity contribution in [1.29, 1.82) is 0 Å². The Morgan fingerprint density at radius 3 is 2.11 bits per heavy atom. The van der Waals surface area contributed by atoms with E-state index in [2.05, 4.69) is 23.7 Å². The van der Waals surface area contributed by atoms with Gasteiger partial charge in [0, 0.05) is 63.5 Å². The quantitative estimate of drug-likeness (QED) is 0.0981. The number of hydrogen-bond acceptors (Lipinski definition) is 7. The third kappa shape index (κ3) is 9.22. The number of ether oxygens (including phenoxy) is 1. The van der Waals surface area contributed by atoms with E-state index in [-0.39, 0.29) is 5.97 Å². The van der Waals surface area contributed by atoms with Crippen molar-refractivity contribution in [2.75, 3.05) is 44.4 Å². The van der Waals surface area contributed by atoms with Crippen molar-refractivity contribution in [1.82, 2.24) is 0 Å². The van der Waals surface area contributed by atoms with Crippen molar-refractivity contribution in [2.45, 2.75) is 47.1 Å². The highest BCUT2D eigenvalue weighted by molar-refractivity contribution is 6.60. The Morgan fingerprint density at radius 1 is 0.914 bits per heavy atom. The van der Waals surface area contributed by atoms with Crippen molar-refractivity contribution in [3.05, 3.63) is 59.7 Å². The van der Waals surface area contributed by atoms with Crippen molar-refractivity contribution >= 4 is 26.7 Å². The highest BCUT2D eigenvalue weighted by atomic mass is 28.4. The summed E-state index contributed by atoms with van der Waals surface area (Å²) in [5.41, 5.74) is 2.46. The number of carbonyl (C=O) groups is 1. The molecule has 0 fully saturated rings. The third-order valence-electron chi connectivity index (χ3n) is 5.41. The number of rotatable bonds is 16. The predicted octanol–water partition coefficient (Wildman–Crippen LogP) is 5.61. The standard InChI is InChI=1S/C27H40N2O5Si/c1-6-29(7-2)25-13-11-14-26(21-25)34-27(30)24-17-15-23(16-18-24)22-28-19-12-20-35(31-8-3,32-9-4)33-10-5/h11,13-18,21-22H,6-10,12,19-20H2,1-5H3. The molecule has 0 spiro atoms. The van der Waals surface area contributed by atoms with E-state index in [1.165, 1.54) is 0 Å². The molecular formula is C27H40N2O5Si. The van der Waals surface area contributed by atoms with Gasteiger partial charge in [0.25, 0.3) is 0 Å².